The van der Waals surface area contributed by atoms with Crippen molar-refractivity contribution in [1.29, 1.82) is 0 Å². The summed E-state index contributed by atoms with van der Waals surface area (Å²) in [6.45, 7) is 1.07. The number of nitrogens with one attached hydrogen (secondary N) is 1. The van der Waals surface area contributed by atoms with Crippen molar-refractivity contribution in [2.75, 3.05) is 25.5 Å². The number of amides is 1. The number of thiophene rings is 1. The van der Waals surface area contributed by atoms with E-state index >= 15 is 0 Å². The SMILES string of the molecule is COc1ccc(OC)c(S(=O)(=O)Nc2ccc3c(c2)CN(C(=O)c2cccs2)CC3)c1. The number of rotatable bonds is 6. The van der Waals surface area contributed by atoms with Gasteiger partial charge in [-0.25, -0.2) is 8.42 Å². The molecule has 0 bridgehead atoms. The number of hydrogen-bond donors (Lipinski definition) is 1. The number of carbonyl (C=O) groups excluding carboxylic acids is 1. The third kappa shape index (κ3) is 4.38. The normalized spacial score (nSPS) is 13.4. The molecule has 0 saturated carbocycles. The van der Waals surface area contributed by atoms with Gasteiger partial charge in [-0.1, -0.05) is 12.1 Å². The zero-order valence-corrected chi connectivity index (χ0v) is 18.8. The maximum atomic E-state index is 13.0. The van der Waals surface area contributed by atoms with E-state index in [4.69, 9.17) is 9.47 Å². The largest absolute Gasteiger partial charge is 0.497 e. The van der Waals surface area contributed by atoms with E-state index in [1.807, 2.05) is 23.6 Å². The van der Waals surface area contributed by atoms with Crippen molar-refractivity contribution in [2.24, 2.45) is 0 Å². The van der Waals surface area contributed by atoms with E-state index in [0.29, 0.717) is 29.4 Å². The van der Waals surface area contributed by atoms with Crippen molar-refractivity contribution in [3.63, 3.8) is 0 Å². The fourth-order valence-electron chi connectivity index (χ4n) is 3.55. The van der Waals surface area contributed by atoms with Gasteiger partial charge in [-0.3, -0.25) is 9.52 Å². The predicted molar refractivity (Wildman–Crippen MR) is 120 cm³/mol. The highest BCUT2D eigenvalue weighted by atomic mass is 32.2. The Labute approximate surface area is 185 Å². The fourth-order valence-corrected chi connectivity index (χ4v) is 5.48. The summed E-state index contributed by atoms with van der Waals surface area (Å²) >= 11 is 1.42. The molecule has 1 aliphatic rings. The van der Waals surface area contributed by atoms with Crippen LogP contribution in [-0.4, -0.2) is 40.0 Å². The van der Waals surface area contributed by atoms with E-state index < -0.39 is 10.0 Å². The van der Waals surface area contributed by atoms with Gasteiger partial charge < -0.3 is 14.4 Å². The topological polar surface area (TPSA) is 84.9 Å². The summed E-state index contributed by atoms with van der Waals surface area (Å²) in [5.41, 5.74) is 2.46. The van der Waals surface area contributed by atoms with E-state index in [9.17, 15) is 13.2 Å². The molecule has 0 spiro atoms. The molecule has 2 heterocycles. The third-order valence-corrected chi connectivity index (χ3v) is 7.41. The van der Waals surface area contributed by atoms with Crippen LogP contribution in [0.2, 0.25) is 0 Å². The molecule has 4 rings (SSSR count). The molecule has 0 saturated heterocycles. The number of anilines is 1. The minimum absolute atomic E-state index is 0.00671. The number of hydrogen-bond acceptors (Lipinski definition) is 6. The number of benzene rings is 2. The zero-order valence-electron chi connectivity index (χ0n) is 17.1. The second-order valence-corrected chi connectivity index (χ2v) is 9.66. The standard InChI is InChI=1S/C22H22N2O5S2/c1-28-18-7-8-19(29-2)21(13-18)31(26,27)23-17-6-5-15-9-10-24(14-16(15)12-17)22(25)20-4-3-11-30-20/h3-8,11-13,23H,9-10,14H2,1-2H3. The monoisotopic (exact) mass is 458 g/mol. The molecule has 2 aromatic carbocycles. The first-order valence-electron chi connectivity index (χ1n) is 9.60. The molecule has 0 atom stereocenters. The summed E-state index contributed by atoms with van der Waals surface area (Å²) in [4.78, 5) is 15.2. The molecule has 1 amide bonds. The summed E-state index contributed by atoms with van der Waals surface area (Å²) < 4.78 is 39.1. The summed E-state index contributed by atoms with van der Waals surface area (Å²) in [5, 5.41) is 1.88. The second kappa shape index (κ2) is 8.60. The lowest BCUT2D eigenvalue weighted by Crippen LogP contribution is -2.35. The van der Waals surface area contributed by atoms with Crippen molar-refractivity contribution in [3.8, 4) is 11.5 Å². The van der Waals surface area contributed by atoms with Crippen LogP contribution in [0, 0.1) is 0 Å². The van der Waals surface area contributed by atoms with E-state index in [0.717, 1.165) is 17.5 Å². The predicted octanol–water partition coefficient (Wildman–Crippen LogP) is 3.76. The van der Waals surface area contributed by atoms with Crippen molar-refractivity contribution in [2.45, 2.75) is 17.9 Å². The summed E-state index contributed by atoms with van der Waals surface area (Å²) in [6.07, 6.45) is 0.725. The average molecular weight is 459 g/mol. The van der Waals surface area contributed by atoms with Crippen molar-refractivity contribution < 1.29 is 22.7 Å². The van der Waals surface area contributed by atoms with Crippen LogP contribution in [0.15, 0.2) is 58.8 Å². The molecule has 0 fully saturated rings. The van der Waals surface area contributed by atoms with Gasteiger partial charge in [0.1, 0.15) is 16.4 Å². The van der Waals surface area contributed by atoms with Gasteiger partial charge in [-0.05, 0) is 53.3 Å². The highest BCUT2D eigenvalue weighted by Gasteiger charge is 2.24. The molecular weight excluding hydrogens is 436 g/mol. The molecule has 0 radical (unpaired) electrons. The van der Waals surface area contributed by atoms with Crippen molar-refractivity contribution in [3.05, 3.63) is 69.9 Å². The van der Waals surface area contributed by atoms with Crippen molar-refractivity contribution in [1.82, 2.24) is 4.90 Å². The third-order valence-electron chi connectivity index (χ3n) is 5.15. The van der Waals surface area contributed by atoms with Gasteiger partial charge in [-0.2, -0.15) is 0 Å². The summed E-state index contributed by atoms with van der Waals surface area (Å²) in [5.74, 6) is 0.626. The first kappa shape index (κ1) is 21.2. The Kier molecular flexibility index (Phi) is 5.88. The van der Waals surface area contributed by atoms with Crippen LogP contribution in [0.3, 0.4) is 0 Å². The molecule has 1 aliphatic heterocycles. The van der Waals surface area contributed by atoms with E-state index in [2.05, 4.69) is 4.72 Å². The van der Waals surface area contributed by atoms with E-state index in [-0.39, 0.29) is 16.6 Å². The average Bonchev–Trinajstić information content (AvgIpc) is 3.32. The molecule has 162 valence electrons. The van der Waals surface area contributed by atoms with Crippen LogP contribution in [0.5, 0.6) is 11.5 Å². The maximum Gasteiger partial charge on any atom is 0.265 e. The number of carbonyl (C=O) groups is 1. The Morgan fingerprint density at radius 2 is 1.90 bits per heavy atom. The number of sulfonamides is 1. The molecule has 1 aromatic heterocycles. The minimum atomic E-state index is -3.91. The van der Waals surface area contributed by atoms with Gasteiger partial charge in [0, 0.05) is 24.8 Å². The molecule has 3 aromatic rings. The first-order valence-corrected chi connectivity index (χ1v) is 12.0. The Bertz CT molecular complexity index is 1210. The molecule has 0 unspecified atom stereocenters. The lowest BCUT2D eigenvalue weighted by Gasteiger charge is -2.29. The summed E-state index contributed by atoms with van der Waals surface area (Å²) in [7, 11) is -1.03. The highest BCUT2D eigenvalue weighted by molar-refractivity contribution is 7.92. The first-order chi connectivity index (χ1) is 14.9. The molecule has 31 heavy (non-hydrogen) atoms. The van der Waals surface area contributed by atoms with Crippen LogP contribution in [-0.2, 0) is 23.0 Å². The molecular formula is C22H22N2O5S2. The van der Waals surface area contributed by atoms with Crippen molar-refractivity contribution >= 4 is 33.0 Å². The van der Waals surface area contributed by atoms with Gasteiger partial charge in [0.15, 0.2) is 0 Å². The van der Waals surface area contributed by atoms with E-state index in [1.165, 1.54) is 31.6 Å². The molecule has 1 N–H and O–H groups in total. The second-order valence-electron chi connectivity index (χ2n) is 7.06. The van der Waals surface area contributed by atoms with Gasteiger partial charge >= 0.3 is 0 Å². The minimum Gasteiger partial charge on any atom is -0.497 e. The smallest absolute Gasteiger partial charge is 0.265 e. The Morgan fingerprint density at radius 1 is 1.06 bits per heavy atom. The zero-order chi connectivity index (χ0) is 22.0. The highest BCUT2D eigenvalue weighted by Crippen LogP contribution is 2.31. The lowest BCUT2D eigenvalue weighted by atomic mass is 9.99. The summed E-state index contributed by atoms with van der Waals surface area (Å²) in [6, 6.07) is 13.7. The van der Waals surface area contributed by atoms with Crippen LogP contribution in [0.1, 0.15) is 20.8 Å². The van der Waals surface area contributed by atoms with E-state index in [1.54, 1.807) is 29.2 Å². The van der Waals surface area contributed by atoms with Crippen LogP contribution in [0.25, 0.3) is 0 Å². The molecule has 9 heteroatoms. The Balaban J connectivity index is 1.59. The Hall–Kier alpha value is -3.04. The van der Waals surface area contributed by atoms with Gasteiger partial charge in [0.05, 0.1) is 19.1 Å². The van der Waals surface area contributed by atoms with Gasteiger partial charge in [-0.15, -0.1) is 11.3 Å². The lowest BCUT2D eigenvalue weighted by molar-refractivity contribution is 0.0739. The quantitative estimate of drug-likeness (QED) is 0.608. The van der Waals surface area contributed by atoms with Crippen LogP contribution in [0.4, 0.5) is 5.69 Å². The number of ether oxygens (including phenoxy) is 2. The molecule has 0 aliphatic carbocycles. The van der Waals surface area contributed by atoms with Gasteiger partial charge in [0.2, 0.25) is 0 Å². The number of fused-ring (bicyclic) bond motifs is 1. The number of nitrogens with zero attached hydrogens (tertiary/aromatic N) is 1. The Morgan fingerprint density at radius 3 is 2.61 bits per heavy atom. The molecule has 7 nitrogen and oxygen atoms in total. The number of methoxy groups -OCH3 is 2. The van der Waals surface area contributed by atoms with Gasteiger partial charge in [0.25, 0.3) is 15.9 Å². The maximum absolute atomic E-state index is 13.0. The fraction of sp³-hybridized carbons (Fsp3) is 0.227. The van der Waals surface area contributed by atoms with Crippen LogP contribution < -0.4 is 14.2 Å². The van der Waals surface area contributed by atoms with Crippen LogP contribution >= 0.6 is 11.3 Å².